The molecule has 0 spiro atoms. The molecular formula is C7H6BrF2N. The molecule has 1 aromatic rings. The van der Waals surface area contributed by atoms with Gasteiger partial charge in [0, 0.05) is 10.9 Å². The van der Waals surface area contributed by atoms with E-state index >= 15 is 0 Å². The first kappa shape index (κ1) is 8.59. The highest BCUT2D eigenvalue weighted by atomic mass is 79.9. The zero-order chi connectivity index (χ0) is 8.27. The lowest BCUT2D eigenvalue weighted by molar-refractivity contribution is 0.504. The molecule has 11 heavy (non-hydrogen) atoms. The van der Waals surface area contributed by atoms with Gasteiger partial charge < -0.3 is 0 Å². The van der Waals surface area contributed by atoms with Gasteiger partial charge in [-0.25, -0.2) is 0 Å². The average molecular weight is 222 g/mol. The Morgan fingerprint density at radius 1 is 1.36 bits per heavy atom. The number of alkyl halides is 1. The minimum Gasteiger partial charge on any atom is -0.190 e. The third kappa shape index (κ3) is 2.22. The SMILES string of the molecule is Fc1ccc(CCBr)c(F)n1. The highest BCUT2D eigenvalue weighted by molar-refractivity contribution is 9.09. The molecule has 1 heterocycles. The van der Waals surface area contributed by atoms with Crippen LogP contribution in [0.15, 0.2) is 12.1 Å². The van der Waals surface area contributed by atoms with Crippen molar-refractivity contribution in [3.8, 4) is 0 Å². The van der Waals surface area contributed by atoms with Crippen molar-refractivity contribution in [3.63, 3.8) is 0 Å². The van der Waals surface area contributed by atoms with E-state index in [2.05, 4.69) is 20.9 Å². The molecule has 0 fully saturated rings. The van der Waals surface area contributed by atoms with Crippen LogP contribution in [0.3, 0.4) is 0 Å². The minimum atomic E-state index is -0.777. The van der Waals surface area contributed by atoms with Crippen LogP contribution in [0, 0.1) is 11.9 Å². The molecule has 4 heteroatoms. The number of hydrogen-bond acceptors (Lipinski definition) is 1. The Morgan fingerprint density at radius 2 is 2.09 bits per heavy atom. The van der Waals surface area contributed by atoms with Gasteiger partial charge in [-0.3, -0.25) is 0 Å². The largest absolute Gasteiger partial charge is 0.218 e. The quantitative estimate of drug-likeness (QED) is 0.552. The average Bonchev–Trinajstić information content (AvgIpc) is 1.95. The molecule has 0 aliphatic rings. The van der Waals surface area contributed by atoms with Gasteiger partial charge >= 0.3 is 0 Å². The molecule has 0 atom stereocenters. The first-order valence-electron chi connectivity index (χ1n) is 3.11. The number of halogens is 3. The predicted octanol–water partition coefficient (Wildman–Crippen LogP) is 2.30. The first-order valence-corrected chi connectivity index (χ1v) is 4.23. The van der Waals surface area contributed by atoms with Crippen molar-refractivity contribution >= 4 is 15.9 Å². The minimum absolute atomic E-state index is 0.434. The summed E-state index contributed by atoms with van der Waals surface area (Å²) in [5, 5.41) is 0.650. The zero-order valence-electron chi connectivity index (χ0n) is 5.65. The van der Waals surface area contributed by atoms with E-state index in [0.29, 0.717) is 17.3 Å². The Labute approximate surface area is 71.6 Å². The van der Waals surface area contributed by atoms with Gasteiger partial charge in [-0.2, -0.15) is 13.8 Å². The van der Waals surface area contributed by atoms with E-state index in [9.17, 15) is 8.78 Å². The number of pyridine rings is 1. The van der Waals surface area contributed by atoms with Crippen LogP contribution in [0.1, 0.15) is 5.56 Å². The number of aromatic nitrogens is 1. The molecule has 0 aromatic carbocycles. The Morgan fingerprint density at radius 3 is 2.64 bits per heavy atom. The standard InChI is InChI=1S/C7H6BrF2N/c8-4-3-5-1-2-6(9)11-7(5)10/h1-2H,3-4H2. The molecule has 0 N–H and O–H groups in total. The highest BCUT2D eigenvalue weighted by Gasteiger charge is 2.03. The Kier molecular flexibility index (Phi) is 2.93. The smallest absolute Gasteiger partial charge is 0.190 e. The lowest BCUT2D eigenvalue weighted by Gasteiger charge is -1.97. The van der Waals surface area contributed by atoms with Crippen LogP contribution in [-0.2, 0) is 6.42 Å². The Balaban J connectivity index is 2.90. The Bertz CT molecular complexity index is 252. The second-order valence-corrected chi connectivity index (χ2v) is 2.82. The normalized spacial score (nSPS) is 10.1. The van der Waals surface area contributed by atoms with Crippen molar-refractivity contribution in [2.24, 2.45) is 0 Å². The molecule has 0 radical (unpaired) electrons. The molecule has 0 aliphatic heterocycles. The van der Waals surface area contributed by atoms with Crippen LogP contribution < -0.4 is 0 Å². The van der Waals surface area contributed by atoms with Crippen molar-refractivity contribution in [2.45, 2.75) is 6.42 Å². The van der Waals surface area contributed by atoms with Gasteiger partial charge in [0.1, 0.15) is 0 Å². The van der Waals surface area contributed by atoms with E-state index in [1.807, 2.05) is 0 Å². The summed E-state index contributed by atoms with van der Waals surface area (Å²) in [5.74, 6) is -1.50. The van der Waals surface area contributed by atoms with E-state index in [0.717, 1.165) is 6.07 Å². The lowest BCUT2D eigenvalue weighted by Crippen LogP contribution is -1.96. The molecule has 1 nitrogen and oxygen atoms in total. The molecule has 0 aliphatic carbocycles. The van der Waals surface area contributed by atoms with Gasteiger partial charge in [0.15, 0.2) is 0 Å². The van der Waals surface area contributed by atoms with Crippen LogP contribution in [0.2, 0.25) is 0 Å². The van der Waals surface area contributed by atoms with E-state index < -0.39 is 11.9 Å². The fourth-order valence-electron chi connectivity index (χ4n) is 0.729. The van der Waals surface area contributed by atoms with Gasteiger partial charge in [0.2, 0.25) is 11.9 Å². The maximum Gasteiger partial charge on any atom is 0.218 e. The second-order valence-electron chi connectivity index (χ2n) is 2.02. The molecule has 1 rings (SSSR count). The van der Waals surface area contributed by atoms with Crippen LogP contribution in [0.5, 0.6) is 0 Å². The van der Waals surface area contributed by atoms with Gasteiger partial charge in [-0.1, -0.05) is 15.9 Å². The predicted molar refractivity (Wildman–Crippen MR) is 41.7 cm³/mol. The summed E-state index contributed by atoms with van der Waals surface area (Å²) in [5.41, 5.74) is 0.434. The Hall–Kier alpha value is -0.510. The van der Waals surface area contributed by atoms with Gasteiger partial charge in [-0.15, -0.1) is 0 Å². The number of hydrogen-bond donors (Lipinski definition) is 0. The second kappa shape index (κ2) is 3.76. The van der Waals surface area contributed by atoms with Crippen LogP contribution >= 0.6 is 15.9 Å². The van der Waals surface area contributed by atoms with Gasteiger partial charge in [-0.05, 0) is 18.6 Å². The van der Waals surface area contributed by atoms with Gasteiger partial charge in [0.05, 0.1) is 0 Å². The van der Waals surface area contributed by atoms with Crippen molar-refractivity contribution < 1.29 is 8.78 Å². The maximum absolute atomic E-state index is 12.7. The van der Waals surface area contributed by atoms with Gasteiger partial charge in [0.25, 0.3) is 0 Å². The van der Waals surface area contributed by atoms with E-state index in [1.54, 1.807) is 0 Å². The summed E-state index contributed by atoms with van der Waals surface area (Å²) in [6.07, 6.45) is 0.527. The number of rotatable bonds is 2. The molecule has 1 aromatic heterocycles. The van der Waals surface area contributed by atoms with E-state index in [1.165, 1.54) is 6.07 Å². The monoisotopic (exact) mass is 221 g/mol. The highest BCUT2D eigenvalue weighted by Crippen LogP contribution is 2.07. The van der Waals surface area contributed by atoms with E-state index in [4.69, 9.17) is 0 Å². The van der Waals surface area contributed by atoms with Crippen molar-refractivity contribution in [1.82, 2.24) is 4.98 Å². The summed E-state index contributed by atoms with van der Waals surface area (Å²) < 4.78 is 24.9. The summed E-state index contributed by atoms with van der Waals surface area (Å²) in [4.78, 5) is 3.04. The molecule has 0 unspecified atom stereocenters. The van der Waals surface area contributed by atoms with Crippen LogP contribution in [0.25, 0.3) is 0 Å². The molecule has 0 saturated carbocycles. The summed E-state index contributed by atoms with van der Waals surface area (Å²) in [7, 11) is 0. The molecular weight excluding hydrogens is 216 g/mol. The van der Waals surface area contributed by atoms with Crippen molar-refractivity contribution in [2.75, 3.05) is 5.33 Å². The summed E-state index contributed by atoms with van der Waals surface area (Å²) in [6, 6.07) is 2.56. The van der Waals surface area contributed by atoms with Crippen LogP contribution in [-0.4, -0.2) is 10.3 Å². The van der Waals surface area contributed by atoms with Crippen LogP contribution in [0.4, 0.5) is 8.78 Å². The zero-order valence-corrected chi connectivity index (χ0v) is 7.24. The fourth-order valence-corrected chi connectivity index (χ4v) is 1.16. The maximum atomic E-state index is 12.7. The first-order chi connectivity index (χ1) is 5.24. The van der Waals surface area contributed by atoms with Crippen molar-refractivity contribution in [3.05, 3.63) is 29.6 Å². The number of aryl methyl sites for hydroxylation is 1. The topological polar surface area (TPSA) is 12.9 Å². The summed E-state index contributed by atoms with van der Waals surface area (Å²) >= 11 is 3.15. The molecule has 60 valence electrons. The van der Waals surface area contributed by atoms with E-state index in [-0.39, 0.29) is 0 Å². The summed E-state index contributed by atoms with van der Waals surface area (Å²) in [6.45, 7) is 0. The fraction of sp³-hybridized carbons (Fsp3) is 0.286. The third-order valence-corrected chi connectivity index (χ3v) is 1.65. The third-order valence-electron chi connectivity index (χ3n) is 1.26. The van der Waals surface area contributed by atoms with Crippen molar-refractivity contribution in [1.29, 1.82) is 0 Å². The molecule has 0 bridgehead atoms. The molecule has 0 saturated heterocycles. The number of nitrogens with zero attached hydrogens (tertiary/aromatic N) is 1. The molecule has 0 amide bonds. The lowest BCUT2D eigenvalue weighted by atomic mass is 10.2.